The monoisotopic (exact) mass is 381 g/mol. The predicted octanol–water partition coefficient (Wildman–Crippen LogP) is 6.96. The van der Waals surface area contributed by atoms with Crippen LogP contribution in [-0.2, 0) is 4.84 Å². The second-order valence-corrected chi connectivity index (χ2v) is 8.09. The Hall–Kier alpha value is -2.84. The van der Waals surface area contributed by atoms with Gasteiger partial charge >= 0.3 is 0 Å². The van der Waals surface area contributed by atoms with Gasteiger partial charge in [0, 0.05) is 6.42 Å². The molecule has 2 heteroatoms. The van der Waals surface area contributed by atoms with Crippen LogP contribution in [-0.4, -0.2) is 6.10 Å². The van der Waals surface area contributed by atoms with Crippen LogP contribution < -0.4 is 5.06 Å². The third kappa shape index (κ3) is 3.86. The Balaban J connectivity index is 1.43. The smallest absolute Gasteiger partial charge is 0.0911 e. The number of hydrogen-bond acceptors (Lipinski definition) is 2. The van der Waals surface area contributed by atoms with Crippen LogP contribution in [0.25, 0.3) is 11.1 Å². The summed E-state index contributed by atoms with van der Waals surface area (Å²) in [7, 11) is 0. The third-order valence-electron chi connectivity index (χ3n) is 6.24. The molecule has 0 bridgehead atoms. The van der Waals surface area contributed by atoms with Crippen LogP contribution >= 0.6 is 0 Å². The van der Waals surface area contributed by atoms with Crippen LogP contribution in [0.5, 0.6) is 0 Å². The highest BCUT2D eigenvalue weighted by atomic mass is 16.7. The van der Waals surface area contributed by atoms with Crippen LogP contribution in [0.4, 0.5) is 5.69 Å². The lowest BCUT2D eigenvalue weighted by atomic mass is 9.86. The van der Waals surface area contributed by atoms with Crippen molar-refractivity contribution in [3.8, 4) is 11.1 Å². The molecular weight excluding hydrogens is 354 g/mol. The molecule has 0 saturated carbocycles. The third-order valence-corrected chi connectivity index (χ3v) is 6.24. The SMILES string of the molecule is C1=CCC(C2CC(c3ccc(-c4ccccc4)cc3)N(c3ccccc3)O2)CC1. The number of para-hydroxylation sites is 1. The lowest BCUT2D eigenvalue weighted by Gasteiger charge is -2.27. The van der Waals surface area contributed by atoms with Crippen LogP contribution in [0.2, 0.25) is 0 Å². The Morgan fingerprint density at radius 1 is 0.724 bits per heavy atom. The second kappa shape index (κ2) is 8.26. The zero-order chi connectivity index (χ0) is 19.5. The van der Waals surface area contributed by atoms with E-state index >= 15 is 0 Å². The number of rotatable bonds is 4. The summed E-state index contributed by atoms with van der Waals surface area (Å²) in [5.74, 6) is 0.611. The molecule has 5 rings (SSSR count). The van der Waals surface area contributed by atoms with Crippen molar-refractivity contribution < 1.29 is 4.84 Å². The Morgan fingerprint density at radius 2 is 1.41 bits per heavy atom. The highest BCUT2D eigenvalue weighted by Crippen LogP contribution is 2.42. The van der Waals surface area contributed by atoms with Gasteiger partial charge in [0.05, 0.1) is 17.8 Å². The minimum Gasteiger partial charge on any atom is -0.269 e. The Morgan fingerprint density at radius 3 is 2.10 bits per heavy atom. The Bertz CT molecular complexity index is 949. The molecule has 0 spiro atoms. The van der Waals surface area contributed by atoms with E-state index in [1.54, 1.807) is 0 Å². The van der Waals surface area contributed by atoms with Crippen LogP contribution in [0.3, 0.4) is 0 Å². The lowest BCUT2D eigenvalue weighted by molar-refractivity contribution is 0.0390. The summed E-state index contributed by atoms with van der Waals surface area (Å²) in [4.78, 5) is 6.57. The fourth-order valence-corrected chi connectivity index (χ4v) is 4.63. The molecule has 1 fully saturated rings. The number of anilines is 1. The summed E-state index contributed by atoms with van der Waals surface area (Å²) < 4.78 is 0. The van der Waals surface area contributed by atoms with Gasteiger partial charge in [0.25, 0.3) is 0 Å². The topological polar surface area (TPSA) is 12.5 Å². The van der Waals surface area contributed by atoms with E-state index in [0.29, 0.717) is 5.92 Å². The van der Waals surface area contributed by atoms with Crippen LogP contribution in [0.15, 0.2) is 97.1 Å². The first kappa shape index (κ1) is 18.2. The molecule has 3 aromatic carbocycles. The molecule has 1 aliphatic heterocycles. The molecule has 1 saturated heterocycles. The van der Waals surface area contributed by atoms with E-state index in [4.69, 9.17) is 4.84 Å². The van der Waals surface area contributed by atoms with Gasteiger partial charge in [-0.3, -0.25) is 4.84 Å². The average molecular weight is 382 g/mol. The number of hydrogen-bond donors (Lipinski definition) is 0. The maximum atomic E-state index is 6.57. The zero-order valence-corrected chi connectivity index (χ0v) is 16.7. The Labute approximate surface area is 173 Å². The molecular formula is C27H27NO. The normalized spacial score (nSPS) is 24.0. The van der Waals surface area contributed by atoms with Crippen molar-refractivity contribution in [3.63, 3.8) is 0 Å². The lowest BCUT2D eigenvalue weighted by Crippen LogP contribution is -2.25. The maximum absolute atomic E-state index is 6.57. The Kier molecular flexibility index (Phi) is 5.19. The summed E-state index contributed by atoms with van der Waals surface area (Å²) in [6.45, 7) is 0. The molecule has 3 aromatic rings. The molecule has 1 aliphatic carbocycles. The standard InChI is InChI=1S/C27H27NO/c1-4-10-21(11-5-1)22-16-18-23(19-17-22)26-20-27(24-12-6-2-7-13-24)29-28(26)25-14-8-3-9-15-25/h1-6,8-11,14-19,24,26-27H,7,12-13,20H2. The van der Waals surface area contributed by atoms with Crippen molar-refractivity contribution in [2.45, 2.75) is 37.8 Å². The number of benzene rings is 3. The van der Waals surface area contributed by atoms with E-state index in [0.717, 1.165) is 18.5 Å². The molecule has 146 valence electrons. The van der Waals surface area contributed by atoms with Gasteiger partial charge in [-0.1, -0.05) is 84.9 Å². The number of allylic oxidation sites excluding steroid dienone is 2. The van der Waals surface area contributed by atoms with E-state index < -0.39 is 0 Å². The summed E-state index contributed by atoms with van der Waals surface area (Å²) >= 11 is 0. The van der Waals surface area contributed by atoms with Gasteiger partial charge in [0.2, 0.25) is 0 Å². The molecule has 2 aliphatic rings. The van der Waals surface area contributed by atoms with E-state index in [-0.39, 0.29) is 12.1 Å². The number of hydroxylamine groups is 1. The molecule has 2 nitrogen and oxygen atoms in total. The molecule has 3 unspecified atom stereocenters. The zero-order valence-electron chi connectivity index (χ0n) is 16.7. The van der Waals surface area contributed by atoms with E-state index in [1.165, 1.54) is 29.5 Å². The average Bonchev–Trinajstić information content (AvgIpc) is 3.27. The molecule has 0 radical (unpaired) electrons. The summed E-state index contributed by atoms with van der Waals surface area (Å²) in [5, 5.41) is 2.15. The van der Waals surface area contributed by atoms with Crippen molar-refractivity contribution in [1.82, 2.24) is 0 Å². The van der Waals surface area contributed by atoms with Crippen molar-refractivity contribution in [2.24, 2.45) is 5.92 Å². The van der Waals surface area contributed by atoms with Crippen molar-refractivity contribution in [1.29, 1.82) is 0 Å². The van der Waals surface area contributed by atoms with E-state index in [2.05, 4.69) is 102 Å². The van der Waals surface area contributed by atoms with Gasteiger partial charge < -0.3 is 0 Å². The van der Waals surface area contributed by atoms with Gasteiger partial charge in [-0.2, -0.15) is 0 Å². The first-order valence-corrected chi connectivity index (χ1v) is 10.7. The van der Waals surface area contributed by atoms with Crippen molar-refractivity contribution in [3.05, 3.63) is 103 Å². The molecule has 1 heterocycles. The second-order valence-electron chi connectivity index (χ2n) is 8.09. The predicted molar refractivity (Wildman–Crippen MR) is 120 cm³/mol. The summed E-state index contributed by atoms with van der Waals surface area (Å²) in [6.07, 6.45) is 9.48. The van der Waals surface area contributed by atoms with Gasteiger partial charge in [-0.05, 0) is 54.0 Å². The van der Waals surface area contributed by atoms with E-state index in [1.807, 2.05) is 0 Å². The molecule has 29 heavy (non-hydrogen) atoms. The van der Waals surface area contributed by atoms with Crippen LogP contribution in [0, 0.1) is 5.92 Å². The van der Waals surface area contributed by atoms with Crippen molar-refractivity contribution >= 4 is 5.69 Å². The fraction of sp³-hybridized carbons (Fsp3) is 0.259. The minimum atomic E-state index is 0.248. The molecule has 0 N–H and O–H groups in total. The van der Waals surface area contributed by atoms with Crippen molar-refractivity contribution in [2.75, 3.05) is 5.06 Å². The quantitative estimate of drug-likeness (QED) is 0.453. The largest absolute Gasteiger partial charge is 0.269 e. The highest BCUT2D eigenvalue weighted by Gasteiger charge is 2.38. The number of nitrogens with zero attached hydrogens (tertiary/aromatic N) is 1. The van der Waals surface area contributed by atoms with E-state index in [9.17, 15) is 0 Å². The minimum absolute atomic E-state index is 0.248. The van der Waals surface area contributed by atoms with Gasteiger partial charge in [0.1, 0.15) is 0 Å². The van der Waals surface area contributed by atoms with Gasteiger partial charge in [0.15, 0.2) is 0 Å². The molecule has 3 atom stereocenters. The van der Waals surface area contributed by atoms with Crippen LogP contribution in [0.1, 0.15) is 37.3 Å². The van der Waals surface area contributed by atoms with Gasteiger partial charge in [-0.15, -0.1) is 0 Å². The molecule has 0 aromatic heterocycles. The maximum Gasteiger partial charge on any atom is 0.0911 e. The summed E-state index contributed by atoms with van der Waals surface area (Å²) in [5.41, 5.74) is 4.97. The first-order valence-electron chi connectivity index (χ1n) is 10.7. The van der Waals surface area contributed by atoms with Gasteiger partial charge in [-0.25, -0.2) is 5.06 Å². The molecule has 0 amide bonds. The first-order chi connectivity index (χ1) is 14.4. The summed E-state index contributed by atoms with van der Waals surface area (Å²) in [6, 6.07) is 30.4. The fourth-order valence-electron chi connectivity index (χ4n) is 4.63. The highest BCUT2D eigenvalue weighted by molar-refractivity contribution is 5.63.